The number of nitrogens with one attached hydrogen (secondary N) is 1. The number of nitrogens with zero attached hydrogens (tertiary/aromatic N) is 3. The SMILES string of the molecule is Cc1ccc(CC(=O)N2CCN(C(=O)NCC3CCN(S(C)(=O)=O)CC3)CC2)cc1. The monoisotopic (exact) mass is 436 g/mol. The summed E-state index contributed by atoms with van der Waals surface area (Å²) in [6.45, 7) is 5.76. The van der Waals surface area contributed by atoms with Crippen molar-refractivity contribution in [3.05, 3.63) is 35.4 Å². The second-order valence-electron chi connectivity index (χ2n) is 8.32. The highest BCUT2D eigenvalue weighted by atomic mass is 32.2. The van der Waals surface area contributed by atoms with E-state index in [1.54, 1.807) is 4.90 Å². The van der Waals surface area contributed by atoms with Gasteiger partial charge in [-0.05, 0) is 31.2 Å². The molecule has 2 aliphatic rings. The number of sulfonamides is 1. The minimum atomic E-state index is -3.13. The minimum Gasteiger partial charge on any atom is -0.339 e. The van der Waals surface area contributed by atoms with E-state index in [9.17, 15) is 18.0 Å². The Hall–Kier alpha value is -2.13. The minimum absolute atomic E-state index is 0.0940. The van der Waals surface area contributed by atoms with Crippen LogP contribution in [-0.2, 0) is 21.2 Å². The van der Waals surface area contributed by atoms with E-state index in [-0.39, 0.29) is 11.9 Å². The highest BCUT2D eigenvalue weighted by Gasteiger charge is 2.27. The molecule has 166 valence electrons. The molecule has 2 fully saturated rings. The fraction of sp³-hybridized carbons (Fsp3) is 0.619. The molecular weight excluding hydrogens is 404 g/mol. The lowest BCUT2D eigenvalue weighted by Gasteiger charge is -2.35. The summed E-state index contributed by atoms with van der Waals surface area (Å²) in [6, 6.07) is 7.88. The van der Waals surface area contributed by atoms with Gasteiger partial charge in [-0.1, -0.05) is 29.8 Å². The zero-order chi connectivity index (χ0) is 21.7. The van der Waals surface area contributed by atoms with E-state index in [4.69, 9.17) is 0 Å². The first-order valence-corrected chi connectivity index (χ1v) is 12.4. The van der Waals surface area contributed by atoms with Gasteiger partial charge in [0.05, 0.1) is 12.7 Å². The fourth-order valence-electron chi connectivity index (χ4n) is 3.94. The maximum absolute atomic E-state index is 12.5. The molecule has 0 aromatic heterocycles. The fourth-order valence-corrected chi connectivity index (χ4v) is 4.81. The summed E-state index contributed by atoms with van der Waals surface area (Å²) < 4.78 is 24.7. The number of hydrogen-bond donors (Lipinski definition) is 1. The molecule has 9 heteroatoms. The van der Waals surface area contributed by atoms with Crippen LogP contribution in [0, 0.1) is 12.8 Å². The van der Waals surface area contributed by atoms with Crippen LogP contribution < -0.4 is 5.32 Å². The van der Waals surface area contributed by atoms with Gasteiger partial charge in [-0.2, -0.15) is 0 Å². The first-order chi connectivity index (χ1) is 14.2. The summed E-state index contributed by atoms with van der Waals surface area (Å²) in [5, 5.41) is 2.98. The van der Waals surface area contributed by atoms with E-state index in [0.29, 0.717) is 58.2 Å². The summed E-state index contributed by atoms with van der Waals surface area (Å²) in [5.41, 5.74) is 2.18. The van der Waals surface area contributed by atoms with Crippen LogP contribution in [0.15, 0.2) is 24.3 Å². The number of aryl methyl sites for hydroxylation is 1. The van der Waals surface area contributed by atoms with E-state index in [0.717, 1.165) is 18.4 Å². The van der Waals surface area contributed by atoms with Crippen molar-refractivity contribution in [2.75, 3.05) is 52.1 Å². The Morgan fingerprint density at radius 2 is 1.53 bits per heavy atom. The van der Waals surface area contributed by atoms with Gasteiger partial charge >= 0.3 is 6.03 Å². The normalized spacial score (nSPS) is 19.0. The summed E-state index contributed by atoms with van der Waals surface area (Å²) >= 11 is 0. The molecule has 1 aromatic carbocycles. The van der Waals surface area contributed by atoms with Crippen LogP contribution in [0.25, 0.3) is 0 Å². The van der Waals surface area contributed by atoms with Gasteiger partial charge in [0.25, 0.3) is 0 Å². The van der Waals surface area contributed by atoms with Gasteiger partial charge in [-0.3, -0.25) is 4.79 Å². The molecule has 0 spiro atoms. The zero-order valence-electron chi connectivity index (χ0n) is 17.8. The Morgan fingerprint density at radius 1 is 0.967 bits per heavy atom. The molecule has 0 atom stereocenters. The molecule has 2 saturated heterocycles. The van der Waals surface area contributed by atoms with Crippen molar-refractivity contribution >= 4 is 22.0 Å². The highest BCUT2D eigenvalue weighted by molar-refractivity contribution is 7.88. The van der Waals surface area contributed by atoms with Crippen LogP contribution in [0.4, 0.5) is 4.79 Å². The molecule has 2 heterocycles. The number of rotatable bonds is 5. The summed E-state index contributed by atoms with van der Waals surface area (Å²) in [6.07, 6.45) is 3.14. The van der Waals surface area contributed by atoms with Gasteiger partial charge in [0.15, 0.2) is 0 Å². The molecule has 0 radical (unpaired) electrons. The van der Waals surface area contributed by atoms with Gasteiger partial charge < -0.3 is 15.1 Å². The van der Waals surface area contributed by atoms with Crippen molar-refractivity contribution in [1.29, 1.82) is 0 Å². The molecule has 0 unspecified atom stereocenters. The Labute approximate surface area is 179 Å². The van der Waals surface area contributed by atoms with Crippen molar-refractivity contribution in [2.24, 2.45) is 5.92 Å². The molecule has 1 N–H and O–H groups in total. The summed E-state index contributed by atoms with van der Waals surface area (Å²) in [4.78, 5) is 28.6. The molecule has 2 aliphatic heterocycles. The van der Waals surface area contributed by atoms with Gasteiger partial charge in [-0.25, -0.2) is 17.5 Å². The number of hydrogen-bond acceptors (Lipinski definition) is 4. The molecule has 0 aliphatic carbocycles. The van der Waals surface area contributed by atoms with Crippen molar-refractivity contribution in [1.82, 2.24) is 19.4 Å². The molecule has 0 bridgehead atoms. The lowest BCUT2D eigenvalue weighted by atomic mass is 9.98. The number of amides is 3. The van der Waals surface area contributed by atoms with Gasteiger partial charge in [-0.15, -0.1) is 0 Å². The lowest BCUT2D eigenvalue weighted by Crippen LogP contribution is -2.54. The zero-order valence-corrected chi connectivity index (χ0v) is 18.7. The third-order valence-corrected chi connectivity index (χ3v) is 7.28. The average molecular weight is 437 g/mol. The first kappa shape index (κ1) is 22.6. The van der Waals surface area contributed by atoms with Gasteiger partial charge in [0.2, 0.25) is 15.9 Å². The quantitative estimate of drug-likeness (QED) is 0.748. The molecule has 3 amide bonds. The van der Waals surface area contributed by atoms with Crippen LogP contribution in [0.3, 0.4) is 0 Å². The van der Waals surface area contributed by atoms with E-state index < -0.39 is 10.0 Å². The van der Waals surface area contributed by atoms with E-state index >= 15 is 0 Å². The predicted octanol–water partition coefficient (Wildman–Crippen LogP) is 1.06. The van der Waals surface area contributed by atoms with Crippen molar-refractivity contribution < 1.29 is 18.0 Å². The van der Waals surface area contributed by atoms with Crippen LogP contribution in [0.2, 0.25) is 0 Å². The molecular formula is C21H32N4O4S. The maximum atomic E-state index is 12.5. The van der Waals surface area contributed by atoms with Gasteiger partial charge in [0.1, 0.15) is 0 Å². The first-order valence-electron chi connectivity index (χ1n) is 10.5. The maximum Gasteiger partial charge on any atom is 0.317 e. The molecule has 1 aromatic rings. The van der Waals surface area contributed by atoms with Crippen LogP contribution in [0.5, 0.6) is 0 Å². The van der Waals surface area contributed by atoms with Crippen molar-refractivity contribution in [3.63, 3.8) is 0 Å². The standard InChI is InChI=1S/C21H32N4O4S/c1-17-3-5-18(6-4-17)15-20(26)23-11-13-24(14-12-23)21(27)22-16-19-7-9-25(10-8-19)30(2,28)29/h3-6,19H,7-16H2,1-2H3,(H,22,27). The second-order valence-corrected chi connectivity index (χ2v) is 10.3. The van der Waals surface area contributed by atoms with E-state index in [1.807, 2.05) is 36.1 Å². The Morgan fingerprint density at radius 3 is 2.10 bits per heavy atom. The number of urea groups is 1. The Bertz CT molecular complexity index is 840. The third-order valence-electron chi connectivity index (χ3n) is 5.98. The Kier molecular flexibility index (Phi) is 7.36. The molecule has 8 nitrogen and oxygen atoms in total. The molecule has 30 heavy (non-hydrogen) atoms. The van der Waals surface area contributed by atoms with Crippen LogP contribution in [0.1, 0.15) is 24.0 Å². The number of piperazine rings is 1. The summed E-state index contributed by atoms with van der Waals surface area (Å²) in [5.74, 6) is 0.390. The second kappa shape index (κ2) is 9.78. The lowest BCUT2D eigenvalue weighted by molar-refractivity contribution is -0.131. The average Bonchev–Trinajstić information content (AvgIpc) is 2.73. The number of benzene rings is 1. The number of carbonyl (C=O) groups is 2. The number of piperidine rings is 1. The van der Waals surface area contributed by atoms with E-state index in [2.05, 4.69) is 5.32 Å². The molecule has 3 rings (SSSR count). The Balaban J connectivity index is 1.37. The molecule has 0 saturated carbocycles. The third kappa shape index (κ3) is 6.18. The number of carbonyl (C=O) groups excluding carboxylic acids is 2. The largest absolute Gasteiger partial charge is 0.339 e. The topological polar surface area (TPSA) is 90.0 Å². The van der Waals surface area contributed by atoms with Crippen LogP contribution >= 0.6 is 0 Å². The van der Waals surface area contributed by atoms with E-state index in [1.165, 1.54) is 16.1 Å². The smallest absolute Gasteiger partial charge is 0.317 e. The summed E-state index contributed by atoms with van der Waals surface area (Å²) in [7, 11) is -3.13. The predicted molar refractivity (Wildman–Crippen MR) is 116 cm³/mol. The van der Waals surface area contributed by atoms with Crippen molar-refractivity contribution in [3.8, 4) is 0 Å². The van der Waals surface area contributed by atoms with Gasteiger partial charge in [0, 0.05) is 45.8 Å². The highest BCUT2D eigenvalue weighted by Crippen LogP contribution is 2.18. The van der Waals surface area contributed by atoms with Crippen molar-refractivity contribution in [2.45, 2.75) is 26.2 Å². The van der Waals surface area contributed by atoms with Crippen LogP contribution in [-0.4, -0.2) is 86.5 Å².